The number of Topliss-reactive ketones (excluding diaryl/α,β-unsaturated/α-hetero) is 1. The lowest BCUT2D eigenvalue weighted by atomic mass is 10.1. The van der Waals surface area contributed by atoms with E-state index in [-0.39, 0.29) is 11.5 Å². The van der Waals surface area contributed by atoms with Crippen LogP contribution in [0.15, 0.2) is 48.2 Å². The van der Waals surface area contributed by atoms with Crippen molar-refractivity contribution in [2.24, 2.45) is 0 Å². The van der Waals surface area contributed by atoms with Crippen LogP contribution < -0.4 is 9.47 Å². The van der Waals surface area contributed by atoms with Crippen molar-refractivity contribution in [2.75, 3.05) is 20.2 Å². The van der Waals surface area contributed by atoms with Crippen LogP contribution in [0.25, 0.3) is 6.08 Å². The number of carbonyl (C=O) groups excluding carboxylic acids is 3. The van der Waals surface area contributed by atoms with Crippen molar-refractivity contribution in [1.82, 2.24) is 4.90 Å². The fraction of sp³-hybridized carbons (Fsp3) is 0.227. The highest BCUT2D eigenvalue weighted by molar-refractivity contribution is 6.14. The molecule has 1 aliphatic rings. The second-order valence-corrected chi connectivity index (χ2v) is 6.25. The van der Waals surface area contributed by atoms with E-state index in [0.717, 1.165) is 0 Å². The number of ketones is 1. The van der Waals surface area contributed by atoms with Crippen LogP contribution in [0.5, 0.6) is 11.5 Å². The van der Waals surface area contributed by atoms with Crippen molar-refractivity contribution in [3.8, 4) is 11.5 Å². The number of hydrogen-bond donors (Lipinski definition) is 0. The van der Waals surface area contributed by atoms with Crippen LogP contribution in [0.1, 0.15) is 40.1 Å². The number of hydrogen-bond acceptors (Lipinski definition) is 6. The summed E-state index contributed by atoms with van der Waals surface area (Å²) >= 11 is 0. The van der Waals surface area contributed by atoms with Crippen molar-refractivity contribution in [3.05, 3.63) is 64.9 Å². The Kier molecular flexibility index (Phi) is 5.97. The highest BCUT2D eigenvalue weighted by Crippen LogP contribution is 2.35. The van der Waals surface area contributed by atoms with E-state index in [4.69, 9.17) is 9.47 Å². The number of rotatable bonds is 5. The summed E-state index contributed by atoms with van der Waals surface area (Å²) in [6, 6.07) is 11.3. The van der Waals surface area contributed by atoms with Crippen LogP contribution >= 0.6 is 0 Å². The lowest BCUT2D eigenvalue weighted by Gasteiger charge is -2.17. The molecule has 3 rings (SSSR count). The molecule has 0 spiro atoms. The maximum absolute atomic E-state index is 12.6. The van der Waals surface area contributed by atoms with Gasteiger partial charge in [-0.1, -0.05) is 12.1 Å². The van der Waals surface area contributed by atoms with E-state index < -0.39 is 12.1 Å². The third-order valence-corrected chi connectivity index (χ3v) is 4.50. The highest BCUT2D eigenvalue weighted by atomic mass is 16.6. The van der Waals surface area contributed by atoms with Gasteiger partial charge in [-0.2, -0.15) is 0 Å². The van der Waals surface area contributed by atoms with Gasteiger partial charge >= 0.3 is 12.1 Å². The van der Waals surface area contributed by atoms with E-state index in [2.05, 4.69) is 4.74 Å². The summed E-state index contributed by atoms with van der Waals surface area (Å²) < 4.78 is 15.7. The first kappa shape index (κ1) is 20.1. The quantitative estimate of drug-likeness (QED) is 0.564. The summed E-state index contributed by atoms with van der Waals surface area (Å²) in [5.74, 6) is 0.0858. The summed E-state index contributed by atoms with van der Waals surface area (Å²) in [7, 11) is 1.31. The Morgan fingerprint density at radius 3 is 2.38 bits per heavy atom. The largest absolute Gasteiger partial charge is 0.465 e. The summed E-state index contributed by atoms with van der Waals surface area (Å²) in [5, 5.41) is 0. The first-order valence-corrected chi connectivity index (χ1v) is 9.20. The summed E-state index contributed by atoms with van der Waals surface area (Å²) in [6.07, 6.45) is 1.13. The molecule has 0 N–H and O–H groups in total. The van der Waals surface area contributed by atoms with Crippen molar-refractivity contribution in [1.29, 1.82) is 0 Å². The lowest BCUT2D eigenvalue weighted by Crippen LogP contribution is -2.33. The van der Waals surface area contributed by atoms with E-state index in [1.165, 1.54) is 13.2 Å². The predicted octanol–water partition coefficient (Wildman–Crippen LogP) is 3.93. The fourth-order valence-corrected chi connectivity index (χ4v) is 2.86. The zero-order chi connectivity index (χ0) is 21.0. The number of benzene rings is 2. The molecule has 7 nitrogen and oxygen atoms in total. The Balaban J connectivity index is 1.77. The van der Waals surface area contributed by atoms with Gasteiger partial charge in [-0.05, 0) is 49.8 Å². The third-order valence-electron chi connectivity index (χ3n) is 4.50. The summed E-state index contributed by atoms with van der Waals surface area (Å²) in [6.45, 7) is 4.81. The maximum Gasteiger partial charge on any atom is 0.415 e. The highest BCUT2D eigenvalue weighted by Gasteiger charge is 2.28. The smallest absolute Gasteiger partial charge is 0.415 e. The van der Waals surface area contributed by atoms with Gasteiger partial charge in [-0.15, -0.1) is 0 Å². The molecule has 0 atom stereocenters. The topological polar surface area (TPSA) is 82.1 Å². The molecule has 1 amide bonds. The molecule has 0 radical (unpaired) electrons. The summed E-state index contributed by atoms with van der Waals surface area (Å²) in [4.78, 5) is 37.7. The van der Waals surface area contributed by atoms with Crippen molar-refractivity contribution >= 4 is 23.9 Å². The van der Waals surface area contributed by atoms with Crippen LogP contribution in [-0.4, -0.2) is 42.9 Å². The van der Waals surface area contributed by atoms with E-state index in [0.29, 0.717) is 41.3 Å². The molecule has 7 heteroatoms. The normalized spacial score (nSPS) is 13.6. The van der Waals surface area contributed by atoms with Gasteiger partial charge in [0.2, 0.25) is 5.78 Å². The number of methoxy groups -OCH3 is 1. The van der Waals surface area contributed by atoms with E-state index in [9.17, 15) is 14.4 Å². The second kappa shape index (κ2) is 8.60. The zero-order valence-corrected chi connectivity index (χ0v) is 16.4. The first-order chi connectivity index (χ1) is 14.0. The monoisotopic (exact) mass is 395 g/mol. The Labute approximate surface area is 168 Å². The molecule has 0 saturated heterocycles. The van der Waals surface area contributed by atoms with E-state index in [1.54, 1.807) is 47.4 Å². The maximum atomic E-state index is 12.6. The number of fused-ring (bicyclic) bond motifs is 1. The van der Waals surface area contributed by atoms with Gasteiger partial charge in [0.15, 0.2) is 5.76 Å². The van der Waals surface area contributed by atoms with Gasteiger partial charge in [-0.3, -0.25) is 4.79 Å². The Hall–Kier alpha value is -3.61. The minimum atomic E-state index is -0.458. The molecule has 0 aromatic heterocycles. The van der Waals surface area contributed by atoms with Crippen molar-refractivity contribution in [2.45, 2.75) is 13.8 Å². The molecule has 1 heterocycles. The number of amides is 1. The molecule has 150 valence electrons. The second-order valence-electron chi connectivity index (χ2n) is 6.25. The molecular formula is C22H21NO6. The summed E-state index contributed by atoms with van der Waals surface area (Å²) in [5.41, 5.74) is 1.50. The predicted molar refractivity (Wildman–Crippen MR) is 106 cm³/mol. The first-order valence-electron chi connectivity index (χ1n) is 9.20. The fourth-order valence-electron chi connectivity index (χ4n) is 2.86. The lowest BCUT2D eigenvalue weighted by molar-refractivity contribution is 0.0600. The Morgan fingerprint density at radius 1 is 1.07 bits per heavy atom. The van der Waals surface area contributed by atoms with E-state index >= 15 is 0 Å². The molecular weight excluding hydrogens is 374 g/mol. The Bertz CT molecular complexity index is 973. The van der Waals surface area contributed by atoms with E-state index in [1.807, 2.05) is 13.8 Å². The molecule has 2 aromatic carbocycles. The zero-order valence-electron chi connectivity index (χ0n) is 16.4. The molecule has 2 aromatic rings. The van der Waals surface area contributed by atoms with Crippen LogP contribution in [-0.2, 0) is 4.74 Å². The molecule has 0 aliphatic carbocycles. The Morgan fingerprint density at radius 2 is 1.76 bits per heavy atom. The third kappa shape index (κ3) is 4.29. The van der Waals surface area contributed by atoms with Crippen molar-refractivity contribution < 1.29 is 28.6 Å². The minimum Gasteiger partial charge on any atom is -0.465 e. The van der Waals surface area contributed by atoms with Crippen LogP contribution in [0, 0.1) is 0 Å². The van der Waals surface area contributed by atoms with Crippen LogP contribution in [0.4, 0.5) is 4.79 Å². The number of esters is 1. The van der Waals surface area contributed by atoms with Gasteiger partial charge in [0.25, 0.3) is 0 Å². The SMILES string of the molecule is CCN(CC)C(=O)Oc1ccc2c(c1)O/C(=C\c1ccc(C(=O)OC)cc1)C2=O. The standard InChI is InChI=1S/C22H21NO6/c1-4-23(5-2)22(26)28-16-10-11-17-18(13-16)29-19(20(17)24)12-14-6-8-15(9-7-14)21(25)27-3/h6-13H,4-5H2,1-3H3/b19-12-. The molecule has 1 aliphatic heterocycles. The molecule has 0 unspecified atom stereocenters. The number of allylic oxidation sites excluding steroid dienone is 1. The average molecular weight is 395 g/mol. The van der Waals surface area contributed by atoms with Crippen LogP contribution in [0.3, 0.4) is 0 Å². The van der Waals surface area contributed by atoms with Gasteiger partial charge < -0.3 is 19.1 Å². The molecule has 0 fully saturated rings. The van der Waals surface area contributed by atoms with Crippen LogP contribution in [0.2, 0.25) is 0 Å². The van der Waals surface area contributed by atoms with Gasteiger partial charge in [0.1, 0.15) is 11.5 Å². The van der Waals surface area contributed by atoms with Gasteiger partial charge in [0, 0.05) is 19.2 Å². The van der Waals surface area contributed by atoms with Gasteiger partial charge in [0.05, 0.1) is 18.2 Å². The number of ether oxygens (including phenoxy) is 3. The van der Waals surface area contributed by atoms with Gasteiger partial charge in [-0.25, -0.2) is 9.59 Å². The average Bonchev–Trinajstić information content (AvgIpc) is 3.03. The number of carbonyl (C=O) groups is 3. The number of nitrogens with zero attached hydrogens (tertiary/aromatic N) is 1. The molecule has 0 bridgehead atoms. The molecule has 29 heavy (non-hydrogen) atoms. The molecule has 0 saturated carbocycles. The van der Waals surface area contributed by atoms with Crippen molar-refractivity contribution in [3.63, 3.8) is 0 Å². The minimum absolute atomic E-state index is 0.151.